The Balaban J connectivity index is 1.95. The lowest BCUT2D eigenvalue weighted by Gasteiger charge is -2.11. The molecule has 22 heavy (non-hydrogen) atoms. The van der Waals surface area contributed by atoms with Crippen molar-refractivity contribution < 1.29 is 14.7 Å². The molecular weight excluding hydrogens is 306 g/mol. The van der Waals surface area contributed by atoms with Crippen molar-refractivity contribution >= 4 is 29.3 Å². The highest BCUT2D eigenvalue weighted by Gasteiger charge is 2.16. The van der Waals surface area contributed by atoms with Gasteiger partial charge in [-0.2, -0.15) is 5.10 Å². The van der Waals surface area contributed by atoms with Crippen LogP contribution in [0.4, 0.5) is 5.82 Å². The summed E-state index contributed by atoms with van der Waals surface area (Å²) < 4.78 is 1.25. The summed E-state index contributed by atoms with van der Waals surface area (Å²) in [7, 11) is 0. The summed E-state index contributed by atoms with van der Waals surface area (Å²) in [6.07, 6.45) is 2.02. The highest BCUT2D eigenvalue weighted by Crippen LogP contribution is 2.19. The third kappa shape index (κ3) is 4.33. The Morgan fingerprint density at radius 3 is 2.77 bits per heavy atom. The average molecular weight is 322 g/mol. The summed E-state index contributed by atoms with van der Waals surface area (Å²) in [6, 6.07) is 8.94. The first kappa shape index (κ1) is 16.0. The molecule has 7 heteroatoms. The van der Waals surface area contributed by atoms with Gasteiger partial charge in [0.25, 0.3) is 0 Å². The molecule has 0 aliphatic carbocycles. The number of anilines is 1. The lowest BCUT2D eigenvalue weighted by atomic mass is 10.0. The Hall–Kier alpha value is -2.34. The van der Waals surface area contributed by atoms with Crippen LogP contribution in [0.5, 0.6) is 0 Å². The van der Waals surface area contributed by atoms with Crippen molar-refractivity contribution in [2.75, 3.05) is 5.32 Å². The van der Waals surface area contributed by atoms with Crippen LogP contribution in [0.25, 0.3) is 0 Å². The van der Waals surface area contributed by atoms with Gasteiger partial charge in [-0.15, -0.1) is 0 Å². The van der Waals surface area contributed by atoms with E-state index in [1.54, 1.807) is 19.1 Å². The minimum Gasteiger partial charge on any atom is -0.480 e. The van der Waals surface area contributed by atoms with Gasteiger partial charge in [0.15, 0.2) is 5.82 Å². The van der Waals surface area contributed by atoms with Crippen LogP contribution < -0.4 is 5.32 Å². The third-order valence-corrected chi connectivity index (χ3v) is 3.49. The lowest BCUT2D eigenvalue weighted by molar-refractivity contribution is -0.137. The fourth-order valence-electron chi connectivity index (χ4n) is 1.99. The number of carboxylic acids is 1. The maximum Gasteiger partial charge on any atom is 0.325 e. The van der Waals surface area contributed by atoms with Crippen LogP contribution in [0.3, 0.4) is 0 Å². The molecule has 1 atom stereocenters. The standard InChI is InChI=1S/C15H16ClN3O3/c1-10(8-11-4-2-3-5-12(11)16)15(22)17-13-6-7-19(18-13)9-14(20)21/h2-7,10H,8-9H2,1H3,(H,20,21)(H,17,18,22). The van der Waals surface area contributed by atoms with Gasteiger partial charge in [-0.05, 0) is 18.1 Å². The second-order valence-corrected chi connectivity index (χ2v) is 5.39. The molecule has 1 aromatic carbocycles. The van der Waals surface area contributed by atoms with Gasteiger partial charge in [-0.3, -0.25) is 14.3 Å². The zero-order valence-corrected chi connectivity index (χ0v) is 12.7. The number of nitrogens with one attached hydrogen (secondary N) is 1. The Morgan fingerprint density at radius 1 is 1.36 bits per heavy atom. The van der Waals surface area contributed by atoms with E-state index in [0.717, 1.165) is 5.56 Å². The summed E-state index contributed by atoms with van der Waals surface area (Å²) in [4.78, 5) is 22.7. The van der Waals surface area contributed by atoms with Crippen LogP contribution in [-0.2, 0) is 22.6 Å². The Morgan fingerprint density at radius 2 is 2.09 bits per heavy atom. The van der Waals surface area contributed by atoms with E-state index in [-0.39, 0.29) is 18.4 Å². The fraction of sp³-hybridized carbons (Fsp3) is 0.267. The SMILES string of the molecule is CC(Cc1ccccc1Cl)C(=O)Nc1ccn(CC(=O)O)n1. The maximum absolute atomic E-state index is 12.1. The number of rotatable bonds is 6. The molecule has 1 amide bonds. The number of carboxylic acid groups (broad SMARTS) is 1. The molecular formula is C15H16ClN3O3. The first-order chi connectivity index (χ1) is 10.5. The molecule has 0 spiro atoms. The molecule has 2 rings (SSSR count). The summed E-state index contributed by atoms with van der Waals surface area (Å²) in [5.41, 5.74) is 0.906. The molecule has 2 aromatic rings. The van der Waals surface area contributed by atoms with Gasteiger partial charge < -0.3 is 10.4 Å². The first-order valence-electron chi connectivity index (χ1n) is 6.75. The number of hydrogen-bond acceptors (Lipinski definition) is 3. The molecule has 1 aromatic heterocycles. The van der Waals surface area contributed by atoms with Crippen molar-refractivity contribution in [2.45, 2.75) is 19.9 Å². The quantitative estimate of drug-likeness (QED) is 0.856. The normalized spacial score (nSPS) is 11.9. The molecule has 0 aliphatic rings. The molecule has 116 valence electrons. The third-order valence-electron chi connectivity index (χ3n) is 3.12. The molecule has 0 aliphatic heterocycles. The molecule has 6 nitrogen and oxygen atoms in total. The smallest absolute Gasteiger partial charge is 0.325 e. The minimum absolute atomic E-state index is 0.194. The molecule has 0 bridgehead atoms. The number of carbonyl (C=O) groups is 2. The van der Waals surface area contributed by atoms with Crippen LogP contribution in [0.2, 0.25) is 5.02 Å². The second kappa shape index (κ2) is 7.09. The van der Waals surface area contributed by atoms with Gasteiger partial charge >= 0.3 is 5.97 Å². The van der Waals surface area contributed by atoms with E-state index in [4.69, 9.17) is 16.7 Å². The zero-order valence-electron chi connectivity index (χ0n) is 12.0. The van der Waals surface area contributed by atoms with E-state index in [2.05, 4.69) is 10.4 Å². The van der Waals surface area contributed by atoms with Gasteiger partial charge in [0.2, 0.25) is 5.91 Å². The number of aromatic nitrogens is 2. The number of amides is 1. The van der Waals surface area contributed by atoms with Crippen molar-refractivity contribution in [3.05, 3.63) is 47.1 Å². The number of carbonyl (C=O) groups excluding carboxylic acids is 1. The summed E-state index contributed by atoms with van der Waals surface area (Å²) in [5, 5.41) is 16.0. The minimum atomic E-state index is -0.993. The number of halogens is 1. The molecule has 0 fully saturated rings. The summed E-state index contributed by atoms with van der Waals surface area (Å²) >= 11 is 6.08. The van der Waals surface area contributed by atoms with Crippen LogP contribution in [0.15, 0.2) is 36.5 Å². The Kier molecular flexibility index (Phi) is 5.16. The summed E-state index contributed by atoms with van der Waals surface area (Å²) in [6.45, 7) is 1.55. The fourth-order valence-corrected chi connectivity index (χ4v) is 2.20. The molecule has 1 unspecified atom stereocenters. The lowest BCUT2D eigenvalue weighted by Crippen LogP contribution is -2.22. The number of benzene rings is 1. The van der Waals surface area contributed by atoms with Gasteiger partial charge in [0, 0.05) is 23.2 Å². The molecule has 0 radical (unpaired) electrons. The molecule has 1 heterocycles. The first-order valence-corrected chi connectivity index (χ1v) is 7.13. The van der Waals surface area contributed by atoms with Gasteiger partial charge in [0.05, 0.1) is 0 Å². The zero-order chi connectivity index (χ0) is 16.1. The number of aliphatic carboxylic acids is 1. The number of nitrogens with zero attached hydrogens (tertiary/aromatic N) is 2. The van der Waals surface area contributed by atoms with Crippen LogP contribution >= 0.6 is 11.6 Å². The predicted octanol–water partition coefficient (Wildman–Crippen LogP) is 2.44. The Labute approximate surface area is 132 Å². The van der Waals surface area contributed by atoms with Crippen molar-refractivity contribution in [3.8, 4) is 0 Å². The van der Waals surface area contributed by atoms with E-state index < -0.39 is 5.97 Å². The predicted molar refractivity (Wildman–Crippen MR) is 82.8 cm³/mol. The van der Waals surface area contributed by atoms with E-state index in [9.17, 15) is 9.59 Å². The van der Waals surface area contributed by atoms with E-state index >= 15 is 0 Å². The number of hydrogen-bond donors (Lipinski definition) is 2. The highest BCUT2D eigenvalue weighted by atomic mass is 35.5. The van der Waals surface area contributed by atoms with Crippen molar-refractivity contribution in [2.24, 2.45) is 5.92 Å². The maximum atomic E-state index is 12.1. The summed E-state index contributed by atoms with van der Waals surface area (Å²) in [5.74, 6) is -1.14. The van der Waals surface area contributed by atoms with Crippen LogP contribution in [0, 0.1) is 5.92 Å². The van der Waals surface area contributed by atoms with E-state index in [1.165, 1.54) is 10.9 Å². The molecule has 0 saturated carbocycles. The highest BCUT2D eigenvalue weighted by molar-refractivity contribution is 6.31. The largest absolute Gasteiger partial charge is 0.480 e. The van der Waals surface area contributed by atoms with Crippen molar-refractivity contribution in [1.82, 2.24) is 9.78 Å². The average Bonchev–Trinajstić information content (AvgIpc) is 2.87. The second-order valence-electron chi connectivity index (χ2n) is 4.98. The van der Waals surface area contributed by atoms with Gasteiger partial charge in [-0.25, -0.2) is 0 Å². The molecule has 0 saturated heterocycles. The van der Waals surface area contributed by atoms with Crippen molar-refractivity contribution in [3.63, 3.8) is 0 Å². The van der Waals surface area contributed by atoms with E-state index in [1.807, 2.05) is 18.2 Å². The van der Waals surface area contributed by atoms with Gasteiger partial charge in [-0.1, -0.05) is 36.7 Å². The van der Waals surface area contributed by atoms with Crippen LogP contribution in [0.1, 0.15) is 12.5 Å². The molecule has 2 N–H and O–H groups in total. The van der Waals surface area contributed by atoms with Gasteiger partial charge in [0.1, 0.15) is 6.54 Å². The monoisotopic (exact) mass is 321 g/mol. The topological polar surface area (TPSA) is 84.2 Å². The van der Waals surface area contributed by atoms with Crippen molar-refractivity contribution in [1.29, 1.82) is 0 Å². The Bertz CT molecular complexity index is 684. The van der Waals surface area contributed by atoms with Crippen LogP contribution in [-0.4, -0.2) is 26.8 Å². The van der Waals surface area contributed by atoms with E-state index in [0.29, 0.717) is 17.3 Å².